The molecule has 0 N–H and O–H groups in total. The van der Waals surface area contributed by atoms with Crippen LogP contribution in [0.4, 0.5) is 4.39 Å². The molecule has 0 saturated carbocycles. The number of amides is 1. The fraction of sp³-hybridized carbons (Fsp3) is 0.273. The third-order valence-corrected chi connectivity index (χ3v) is 5.39. The topological polar surface area (TPSA) is 68.0 Å². The van der Waals surface area contributed by atoms with Crippen LogP contribution < -0.4 is 9.47 Å². The zero-order valence-electron chi connectivity index (χ0n) is 16.2. The van der Waals surface area contributed by atoms with E-state index in [2.05, 4.69) is 9.88 Å². The van der Waals surface area contributed by atoms with Crippen LogP contribution in [0.1, 0.15) is 16.1 Å². The van der Waals surface area contributed by atoms with Gasteiger partial charge in [-0.1, -0.05) is 18.2 Å². The molecule has 2 aromatic carbocycles. The maximum atomic E-state index is 14.1. The summed E-state index contributed by atoms with van der Waals surface area (Å²) in [6.45, 7) is 3.61. The summed E-state index contributed by atoms with van der Waals surface area (Å²) in [5.74, 6) is 1.02. The van der Waals surface area contributed by atoms with Crippen LogP contribution in [0.3, 0.4) is 0 Å². The van der Waals surface area contributed by atoms with Crippen molar-refractivity contribution in [3.05, 3.63) is 65.9 Å². The molecular weight excluding hydrogens is 389 g/mol. The number of oxazole rings is 1. The van der Waals surface area contributed by atoms with Crippen LogP contribution in [0, 0.1) is 5.82 Å². The van der Waals surface area contributed by atoms with Gasteiger partial charge >= 0.3 is 0 Å². The van der Waals surface area contributed by atoms with E-state index in [-0.39, 0.29) is 29.7 Å². The highest BCUT2D eigenvalue weighted by molar-refractivity contribution is 5.97. The molecule has 3 aromatic rings. The molecule has 0 spiro atoms. The standard InChI is InChI=1S/C22H20FN3O4/c23-17-4-2-1-3-16(17)21-20(24-13-28-21)22(27)26-9-7-25(8-10-26)12-15-5-6-18-19(11-15)30-14-29-18/h1-6,11,13H,7-10,12,14H2. The van der Waals surface area contributed by atoms with E-state index >= 15 is 0 Å². The Morgan fingerprint density at radius 2 is 1.83 bits per heavy atom. The Kier molecular flexibility index (Phi) is 4.84. The monoisotopic (exact) mass is 409 g/mol. The lowest BCUT2D eigenvalue weighted by atomic mass is 10.1. The smallest absolute Gasteiger partial charge is 0.276 e. The van der Waals surface area contributed by atoms with Gasteiger partial charge in [0, 0.05) is 32.7 Å². The molecular formula is C22H20FN3O4. The fourth-order valence-electron chi connectivity index (χ4n) is 3.79. The number of fused-ring (bicyclic) bond motifs is 1. The molecule has 2 aliphatic heterocycles. The van der Waals surface area contributed by atoms with Crippen LogP contribution in [-0.2, 0) is 6.54 Å². The molecule has 1 amide bonds. The summed E-state index contributed by atoms with van der Waals surface area (Å²) < 4.78 is 30.3. The number of rotatable bonds is 4. The summed E-state index contributed by atoms with van der Waals surface area (Å²) >= 11 is 0. The van der Waals surface area contributed by atoms with E-state index in [0.717, 1.165) is 36.7 Å². The normalized spacial score (nSPS) is 16.1. The second-order valence-corrected chi connectivity index (χ2v) is 7.27. The summed E-state index contributed by atoms with van der Waals surface area (Å²) in [4.78, 5) is 21.1. The number of piperazine rings is 1. The Morgan fingerprint density at radius 1 is 1.03 bits per heavy atom. The molecule has 0 bridgehead atoms. The molecule has 1 fully saturated rings. The van der Waals surface area contributed by atoms with Crippen molar-refractivity contribution in [3.63, 3.8) is 0 Å². The molecule has 1 aromatic heterocycles. The Hall–Kier alpha value is -3.39. The molecule has 0 unspecified atom stereocenters. The first-order chi connectivity index (χ1) is 14.7. The van der Waals surface area contributed by atoms with Gasteiger partial charge in [0.05, 0.1) is 5.56 Å². The highest BCUT2D eigenvalue weighted by Crippen LogP contribution is 2.33. The molecule has 3 heterocycles. The molecule has 154 valence electrons. The van der Waals surface area contributed by atoms with Gasteiger partial charge < -0.3 is 18.8 Å². The van der Waals surface area contributed by atoms with E-state index in [1.807, 2.05) is 18.2 Å². The van der Waals surface area contributed by atoms with Crippen molar-refractivity contribution in [2.75, 3.05) is 33.0 Å². The second-order valence-electron chi connectivity index (χ2n) is 7.27. The van der Waals surface area contributed by atoms with Crippen molar-refractivity contribution in [2.24, 2.45) is 0 Å². The quantitative estimate of drug-likeness (QED) is 0.659. The van der Waals surface area contributed by atoms with Crippen LogP contribution in [0.5, 0.6) is 11.5 Å². The number of ether oxygens (including phenoxy) is 2. The average Bonchev–Trinajstić information content (AvgIpc) is 3.43. The lowest BCUT2D eigenvalue weighted by molar-refractivity contribution is 0.0623. The Balaban J connectivity index is 1.24. The Morgan fingerprint density at radius 3 is 2.67 bits per heavy atom. The van der Waals surface area contributed by atoms with Gasteiger partial charge in [-0.25, -0.2) is 9.37 Å². The maximum Gasteiger partial charge on any atom is 0.276 e. The molecule has 8 heteroatoms. The largest absolute Gasteiger partial charge is 0.454 e. The third-order valence-electron chi connectivity index (χ3n) is 5.39. The van der Waals surface area contributed by atoms with Gasteiger partial charge in [0.2, 0.25) is 6.79 Å². The van der Waals surface area contributed by atoms with Gasteiger partial charge in [-0.15, -0.1) is 0 Å². The number of nitrogens with zero attached hydrogens (tertiary/aromatic N) is 3. The summed E-state index contributed by atoms with van der Waals surface area (Å²) in [5.41, 5.74) is 1.52. The first kappa shape index (κ1) is 18.6. The third kappa shape index (κ3) is 3.50. The number of aromatic nitrogens is 1. The summed E-state index contributed by atoms with van der Waals surface area (Å²) in [6, 6.07) is 12.2. The molecule has 2 aliphatic rings. The van der Waals surface area contributed by atoms with Crippen molar-refractivity contribution < 1.29 is 23.1 Å². The second kappa shape index (κ2) is 7.79. The average molecular weight is 409 g/mol. The van der Waals surface area contributed by atoms with Gasteiger partial charge in [-0.05, 0) is 29.8 Å². The molecule has 30 heavy (non-hydrogen) atoms. The van der Waals surface area contributed by atoms with Crippen molar-refractivity contribution in [2.45, 2.75) is 6.54 Å². The zero-order chi connectivity index (χ0) is 20.5. The minimum Gasteiger partial charge on any atom is -0.454 e. The van der Waals surface area contributed by atoms with E-state index in [9.17, 15) is 9.18 Å². The lowest BCUT2D eigenvalue weighted by Gasteiger charge is -2.34. The predicted molar refractivity (Wildman–Crippen MR) is 106 cm³/mol. The number of hydrogen-bond acceptors (Lipinski definition) is 6. The Bertz CT molecular complexity index is 1080. The first-order valence-corrected chi connectivity index (χ1v) is 9.77. The van der Waals surface area contributed by atoms with Crippen LogP contribution in [-0.4, -0.2) is 53.7 Å². The van der Waals surface area contributed by atoms with E-state index in [1.54, 1.807) is 23.1 Å². The van der Waals surface area contributed by atoms with Gasteiger partial charge in [0.25, 0.3) is 5.91 Å². The highest BCUT2D eigenvalue weighted by atomic mass is 19.1. The van der Waals surface area contributed by atoms with Gasteiger partial charge in [-0.2, -0.15) is 0 Å². The number of carbonyl (C=O) groups is 1. The molecule has 0 radical (unpaired) electrons. The predicted octanol–water partition coefficient (Wildman–Crippen LogP) is 3.17. The van der Waals surface area contributed by atoms with Gasteiger partial charge in [-0.3, -0.25) is 9.69 Å². The minimum absolute atomic E-state index is 0.143. The maximum absolute atomic E-state index is 14.1. The van der Waals surface area contributed by atoms with Crippen molar-refractivity contribution in [1.82, 2.24) is 14.8 Å². The molecule has 1 saturated heterocycles. The minimum atomic E-state index is -0.447. The van der Waals surface area contributed by atoms with Crippen molar-refractivity contribution in [3.8, 4) is 22.8 Å². The molecule has 0 aliphatic carbocycles. The van der Waals surface area contributed by atoms with Gasteiger partial charge in [0.15, 0.2) is 29.3 Å². The zero-order valence-corrected chi connectivity index (χ0v) is 16.2. The molecule has 0 atom stereocenters. The van der Waals surface area contributed by atoms with Crippen molar-refractivity contribution in [1.29, 1.82) is 0 Å². The fourth-order valence-corrected chi connectivity index (χ4v) is 3.79. The van der Waals surface area contributed by atoms with Gasteiger partial charge in [0.1, 0.15) is 5.82 Å². The summed E-state index contributed by atoms with van der Waals surface area (Å²) in [5, 5.41) is 0. The molecule has 5 rings (SSSR count). The number of benzene rings is 2. The van der Waals surface area contributed by atoms with E-state index in [1.165, 1.54) is 12.5 Å². The van der Waals surface area contributed by atoms with Crippen molar-refractivity contribution >= 4 is 5.91 Å². The number of halogens is 1. The SMILES string of the molecule is O=C(c1ncoc1-c1ccccc1F)N1CCN(Cc2ccc3c(c2)OCO3)CC1. The summed E-state index contributed by atoms with van der Waals surface area (Å²) in [6.07, 6.45) is 1.19. The van der Waals surface area contributed by atoms with Crippen LogP contribution in [0.15, 0.2) is 53.3 Å². The number of hydrogen-bond donors (Lipinski definition) is 0. The van der Waals surface area contributed by atoms with Crippen LogP contribution in [0.25, 0.3) is 11.3 Å². The highest BCUT2D eigenvalue weighted by Gasteiger charge is 2.28. The lowest BCUT2D eigenvalue weighted by Crippen LogP contribution is -2.48. The van der Waals surface area contributed by atoms with Crippen LogP contribution in [0.2, 0.25) is 0 Å². The van der Waals surface area contributed by atoms with E-state index < -0.39 is 5.82 Å². The molecule has 7 nitrogen and oxygen atoms in total. The van der Waals surface area contributed by atoms with E-state index in [4.69, 9.17) is 13.9 Å². The number of carbonyl (C=O) groups excluding carboxylic acids is 1. The summed E-state index contributed by atoms with van der Waals surface area (Å²) in [7, 11) is 0. The first-order valence-electron chi connectivity index (χ1n) is 9.77. The van der Waals surface area contributed by atoms with E-state index in [0.29, 0.717) is 13.1 Å². The Labute approximate surface area is 172 Å². The van der Waals surface area contributed by atoms with Crippen LogP contribution >= 0.6 is 0 Å².